The number of ether oxygens (including phenoxy) is 1. The number of hydrogen-bond acceptors (Lipinski definition) is 2. The molecule has 0 fully saturated rings. The van der Waals surface area contributed by atoms with Crippen LogP contribution in [-0.2, 0) is 17.6 Å². The molecule has 5 heteroatoms. The Morgan fingerprint density at radius 1 is 1.27 bits per heavy atom. The minimum Gasteiger partial charge on any atom is -0.461 e. The number of halogens is 1. The number of rotatable bonds is 2. The van der Waals surface area contributed by atoms with E-state index in [0.29, 0.717) is 12.3 Å². The van der Waals surface area contributed by atoms with Gasteiger partial charge in [0.05, 0.1) is 23.0 Å². The van der Waals surface area contributed by atoms with Crippen molar-refractivity contribution in [2.75, 3.05) is 6.61 Å². The average molecular weight is 315 g/mol. The predicted octanol–water partition coefficient (Wildman–Crippen LogP) is 4.09. The summed E-state index contributed by atoms with van der Waals surface area (Å²) >= 11 is 6.36. The summed E-state index contributed by atoms with van der Waals surface area (Å²) < 4.78 is 5.07. The third-order valence-electron chi connectivity index (χ3n) is 4.17. The zero-order chi connectivity index (χ0) is 15.3. The van der Waals surface area contributed by atoms with Gasteiger partial charge in [0, 0.05) is 10.9 Å². The number of H-pyrrole nitrogens is 2. The van der Waals surface area contributed by atoms with E-state index in [0.717, 1.165) is 45.7 Å². The Morgan fingerprint density at radius 3 is 2.95 bits per heavy atom. The Hall–Kier alpha value is -2.20. The molecule has 0 amide bonds. The first-order chi connectivity index (χ1) is 10.7. The van der Waals surface area contributed by atoms with Gasteiger partial charge in [-0.2, -0.15) is 0 Å². The summed E-state index contributed by atoms with van der Waals surface area (Å²) in [5.74, 6) is -0.312. The predicted molar refractivity (Wildman–Crippen MR) is 86.5 cm³/mol. The number of carbonyl (C=O) groups is 1. The fourth-order valence-corrected chi connectivity index (χ4v) is 3.52. The van der Waals surface area contributed by atoms with Crippen molar-refractivity contribution in [3.8, 4) is 11.4 Å². The van der Waals surface area contributed by atoms with Crippen LogP contribution in [-0.4, -0.2) is 22.5 Å². The highest BCUT2D eigenvalue weighted by atomic mass is 35.5. The summed E-state index contributed by atoms with van der Waals surface area (Å²) in [4.78, 5) is 18.6. The van der Waals surface area contributed by atoms with Gasteiger partial charge in [0.1, 0.15) is 5.69 Å². The van der Waals surface area contributed by atoms with Crippen LogP contribution < -0.4 is 0 Å². The number of carbonyl (C=O) groups excluding carboxylic acids is 1. The van der Waals surface area contributed by atoms with E-state index in [9.17, 15) is 4.79 Å². The topological polar surface area (TPSA) is 57.9 Å². The molecule has 0 spiro atoms. The summed E-state index contributed by atoms with van der Waals surface area (Å²) in [6.07, 6.45) is 1.79. The zero-order valence-corrected chi connectivity index (χ0v) is 12.9. The molecule has 0 atom stereocenters. The van der Waals surface area contributed by atoms with Crippen molar-refractivity contribution in [1.29, 1.82) is 0 Å². The number of aryl methyl sites for hydroxylation is 2. The standard InChI is InChI=1S/C17H15ClN2O2/c1-2-22-17(21)13-8-9-6-7-10-14-11(18)4-3-5-12(14)19-16(10)15(9)20-13/h3-5,8,19-20H,2,6-7H2,1H3. The number of esters is 1. The largest absolute Gasteiger partial charge is 0.461 e. The number of aromatic amines is 2. The Kier molecular flexibility index (Phi) is 3.01. The van der Waals surface area contributed by atoms with E-state index in [2.05, 4.69) is 9.97 Å². The fourth-order valence-electron chi connectivity index (χ4n) is 3.23. The first kappa shape index (κ1) is 13.5. The molecule has 112 valence electrons. The van der Waals surface area contributed by atoms with Crippen LogP contribution in [0.25, 0.3) is 22.3 Å². The molecule has 2 heterocycles. The summed E-state index contributed by atoms with van der Waals surface area (Å²) in [6, 6.07) is 7.76. The van der Waals surface area contributed by atoms with Crippen LogP contribution in [0.4, 0.5) is 0 Å². The molecular formula is C17H15ClN2O2. The highest BCUT2D eigenvalue weighted by Crippen LogP contribution is 2.39. The lowest BCUT2D eigenvalue weighted by molar-refractivity contribution is 0.0520. The number of aromatic nitrogens is 2. The molecule has 0 radical (unpaired) electrons. The third kappa shape index (κ3) is 1.87. The Balaban J connectivity index is 1.89. The summed E-state index contributed by atoms with van der Waals surface area (Å²) in [5, 5.41) is 1.84. The molecule has 0 unspecified atom stereocenters. The van der Waals surface area contributed by atoms with E-state index >= 15 is 0 Å². The zero-order valence-electron chi connectivity index (χ0n) is 12.1. The molecule has 22 heavy (non-hydrogen) atoms. The molecule has 3 aromatic rings. The molecular weight excluding hydrogens is 300 g/mol. The highest BCUT2D eigenvalue weighted by Gasteiger charge is 2.25. The van der Waals surface area contributed by atoms with Crippen LogP contribution in [0.5, 0.6) is 0 Å². The Bertz CT molecular complexity index is 892. The number of hydrogen-bond donors (Lipinski definition) is 2. The van der Waals surface area contributed by atoms with Crippen LogP contribution in [0.1, 0.15) is 28.5 Å². The monoisotopic (exact) mass is 314 g/mol. The fraction of sp³-hybridized carbons (Fsp3) is 0.235. The van der Waals surface area contributed by atoms with E-state index < -0.39 is 0 Å². The van der Waals surface area contributed by atoms with Crippen molar-refractivity contribution in [1.82, 2.24) is 9.97 Å². The number of nitrogens with one attached hydrogen (secondary N) is 2. The van der Waals surface area contributed by atoms with Gasteiger partial charge in [-0.15, -0.1) is 0 Å². The Labute approximate surface area is 132 Å². The first-order valence-corrected chi connectivity index (χ1v) is 7.75. The molecule has 1 aliphatic carbocycles. The molecule has 1 aliphatic rings. The molecule has 2 aromatic heterocycles. The summed E-state index contributed by atoms with van der Waals surface area (Å²) in [5.41, 5.74) is 5.88. The van der Waals surface area contributed by atoms with E-state index in [1.165, 1.54) is 5.56 Å². The second kappa shape index (κ2) is 4.92. The lowest BCUT2D eigenvalue weighted by Gasteiger charge is -2.12. The van der Waals surface area contributed by atoms with Crippen LogP contribution in [0, 0.1) is 0 Å². The van der Waals surface area contributed by atoms with Crippen molar-refractivity contribution < 1.29 is 9.53 Å². The second-order valence-electron chi connectivity index (χ2n) is 5.44. The van der Waals surface area contributed by atoms with E-state index in [4.69, 9.17) is 16.3 Å². The van der Waals surface area contributed by atoms with Crippen molar-refractivity contribution in [2.24, 2.45) is 0 Å². The molecule has 1 aromatic carbocycles. The number of fused-ring (bicyclic) bond motifs is 5. The average Bonchev–Trinajstić information content (AvgIpc) is 3.08. The minimum atomic E-state index is -0.312. The molecule has 0 saturated heterocycles. The lowest BCUT2D eigenvalue weighted by Crippen LogP contribution is -2.04. The van der Waals surface area contributed by atoms with E-state index in [-0.39, 0.29) is 5.97 Å². The lowest BCUT2D eigenvalue weighted by atomic mass is 9.94. The van der Waals surface area contributed by atoms with Gasteiger partial charge in [0.25, 0.3) is 0 Å². The van der Waals surface area contributed by atoms with E-state index in [1.807, 2.05) is 24.3 Å². The van der Waals surface area contributed by atoms with Crippen LogP contribution in [0.3, 0.4) is 0 Å². The van der Waals surface area contributed by atoms with Gasteiger partial charge in [-0.1, -0.05) is 17.7 Å². The van der Waals surface area contributed by atoms with Crippen molar-refractivity contribution in [3.05, 3.63) is 46.1 Å². The molecule has 0 bridgehead atoms. The quantitative estimate of drug-likeness (QED) is 0.700. The third-order valence-corrected chi connectivity index (χ3v) is 4.48. The smallest absolute Gasteiger partial charge is 0.354 e. The molecule has 0 saturated carbocycles. The highest BCUT2D eigenvalue weighted by molar-refractivity contribution is 6.36. The molecule has 4 nitrogen and oxygen atoms in total. The molecule has 2 N–H and O–H groups in total. The van der Waals surface area contributed by atoms with Crippen LogP contribution in [0.2, 0.25) is 5.02 Å². The SMILES string of the molecule is CCOC(=O)c1cc2c([nH]1)-c1[nH]c3cccc(Cl)c3c1CC2. The van der Waals surface area contributed by atoms with Gasteiger partial charge in [-0.05, 0) is 49.1 Å². The first-order valence-electron chi connectivity index (χ1n) is 7.37. The van der Waals surface area contributed by atoms with Crippen molar-refractivity contribution in [3.63, 3.8) is 0 Å². The van der Waals surface area contributed by atoms with Crippen LogP contribution in [0.15, 0.2) is 24.3 Å². The maximum atomic E-state index is 11.9. The maximum Gasteiger partial charge on any atom is 0.354 e. The minimum absolute atomic E-state index is 0.312. The molecule has 4 rings (SSSR count). The van der Waals surface area contributed by atoms with E-state index in [1.54, 1.807) is 6.92 Å². The molecule has 0 aliphatic heterocycles. The normalized spacial score (nSPS) is 13.0. The van der Waals surface area contributed by atoms with Gasteiger partial charge in [0.2, 0.25) is 0 Å². The van der Waals surface area contributed by atoms with Gasteiger partial charge in [0.15, 0.2) is 0 Å². The van der Waals surface area contributed by atoms with Crippen LogP contribution >= 0.6 is 11.6 Å². The van der Waals surface area contributed by atoms with Crippen molar-refractivity contribution >= 4 is 28.5 Å². The van der Waals surface area contributed by atoms with Gasteiger partial charge < -0.3 is 14.7 Å². The summed E-state index contributed by atoms with van der Waals surface area (Å²) in [6.45, 7) is 2.17. The second-order valence-corrected chi connectivity index (χ2v) is 5.85. The van der Waals surface area contributed by atoms with Gasteiger partial charge in [-0.25, -0.2) is 4.79 Å². The summed E-state index contributed by atoms with van der Waals surface area (Å²) in [7, 11) is 0. The number of benzene rings is 1. The maximum absolute atomic E-state index is 11.9. The van der Waals surface area contributed by atoms with Crippen molar-refractivity contribution in [2.45, 2.75) is 19.8 Å². The van der Waals surface area contributed by atoms with Gasteiger partial charge >= 0.3 is 5.97 Å². The Morgan fingerprint density at radius 2 is 2.14 bits per heavy atom. The van der Waals surface area contributed by atoms with Gasteiger partial charge in [-0.3, -0.25) is 0 Å².